The highest BCUT2D eigenvalue weighted by atomic mass is 32.2. The SMILES string of the molecule is CCCCN(CCCC)C(=O)c1nn(-c2ccc(C(=O)NS(=O)(=O)c3ccc4ccccc4c3)cc2C(=O)N2CCc3ccccc3C2)c(C)c1/C=C/C(C)(C)C.O=C=O. The Morgan fingerprint density at radius 1 is 0.867 bits per heavy atom. The molecule has 0 aliphatic carbocycles. The third kappa shape index (κ3) is 10.7. The number of aromatic nitrogens is 2. The van der Waals surface area contributed by atoms with Crippen LogP contribution in [0.1, 0.15) is 114 Å². The molecule has 12 nitrogen and oxygen atoms in total. The summed E-state index contributed by atoms with van der Waals surface area (Å²) in [5.74, 6) is -1.39. The van der Waals surface area contributed by atoms with Crippen molar-refractivity contribution >= 4 is 50.7 Å². The quantitative estimate of drug-likeness (QED) is 0.125. The molecule has 0 saturated heterocycles. The van der Waals surface area contributed by atoms with E-state index in [2.05, 4.69) is 45.4 Å². The maximum absolute atomic E-state index is 14.7. The lowest BCUT2D eigenvalue weighted by molar-refractivity contribution is -0.191. The highest BCUT2D eigenvalue weighted by Gasteiger charge is 2.30. The van der Waals surface area contributed by atoms with Gasteiger partial charge in [0.05, 0.1) is 16.1 Å². The van der Waals surface area contributed by atoms with Gasteiger partial charge >= 0.3 is 6.15 Å². The van der Waals surface area contributed by atoms with Crippen LogP contribution in [0.25, 0.3) is 22.5 Å². The van der Waals surface area contributed by atoms with Crippen LogP contribution in [0.3, 0.4) is 0 Å². The number of carbonyl (C=O) groups excluding carboxylic acids is 5. The van der Waals surface area contributed by atoms with E-state index in [1.165, 1.54) is 29.8 Å². The van der Waals surface area contributed by atoms with Crippen molar-refractivity contribution in [3.63, 3.8) is 0 Å². The molecule has 6 rings (SSSR count). The molecule has 5 aromatic rings. The van der Waals surface area contributed by atoms with Crippen LogP contribution in [0, 0.1) is 12.3 Å². The number of fused-ring (bicyclic) bond motifs is 2. The normalized spacial score (nSPS) is 12.7. The minimum atomic E-state index is -4.27. The average molecular weight is 832 g/mol. The smallest absolute Gasteiger partial charge is 0.337 e. The summed E-state index contributed by atoms with van der Waals surface area (Å²) in [5, 5.41) is 6.53. The zero-order valence-corrected chi connectivity index (χ0v) is 36.0. The molecular formula is C47H53N5O7S. The van der Waals surface area contributed by atoms with E-state index in [0.717, 1.165) is 42.0 Å². The standard InChI is InChI=1S/C46H53N5O5S.CO2/c1-7-9-26-49(27-10-8-2)45(54)42-39(23-25-46(4,5)6)32(3)51(47-42)41-22-20-36(30-40(41)44(53)50-28-24-34-16-12-14-18-37(34)31-50)43(52)48-57(55,56)38-21-19-33-15-11-13-17-35(33)29-38;2-1-3/h11-23,25,29-30H,7-10,24,26-28,31H2,1-6H3,(H,48,52);/b25-23+;. The minimum absolute atomic E-state index is 0.0110. The lowest BCUT2D eigenvalue weighted by Crippen LogP contribution is -2.37. The highest BCUT2D eigenvalue weighted by Crippen LogP contribution is 2.29. The van der Waals surface area contributed by atoms with E-state index in [0.29, 0.717) is 49.5 Å². The molecule has 4 aromatic carbocycles. The number of unbranched alkanes of at least 4 members (excludes halogenated alkanes) is 2. The van der Waals surface area contributed by atoms with Gasteiger partial charge in [0.25, 0.3) is 27.7 Å². The van der Waals surface area contributed by atoms with Crippen molar-refractivity contribution < 1.29 is 32.4 Å². The molecule has 3 amide bonds. The number of benzene rings is 4. The van der Waals surface area contributed by atoms with Crippen LogP contribution >= 0.6 is 0 Å². The number of sulfonamides is 1. The lowest BCUT2D eigenvalue weighted by Gasteiger charge is -2.29. The first-order chi connectivity index (χ1) is 28.6. The molecule has 0 unspecified atom stereocenters. The summed E-state index contributed by atoms with van der Waals surface area (Å²) in [6.07, 6.45) is 8.49. The Hall–Kier alpha value is -6.17. The van der Waals surface area contributed by atoms with Crippen molar-refractivity contribution in [1.29, 1.82) is 0 Å². The number of rotatable bonds is 13. The summed E-state index contributed by atoms with van der Waals surface area (Å²) >= 11 is 0. The Labute approximate surface area is 352 Å². The average Bonchev–Trinajstić information content (AvgIpc) is 3.56. The molecule has 0 radical (unpaired) electrons. The Bertz CT molecular complexity index is 2540. The number of hydrogen-bond acceptors (Lipinski definition) is 8. The second kappa shape index (κ2) is 19.7. The maximum Gasteiger partial charge on any atom is 0.373 e. The molecule has 0 atom stereocenters. The molecule has 13 heteroatoms. The van der Waals surface area contributed by atoms with Gasteiger partial charge in [-0.1, -0.05) is 114 Å². The van der Waals surface area contributed by atoms with Crippen LogP contribution in [0.4, 0.5) is 0 Å². The van der Waals surface area contributed by atoms with E-state index in [1.807, 2.05) is 60.4 Å². The summed E-state index contributed by atoms with van der Waals surface area (Å²) in [6.45, 7) is 14.3. The predicted octanol–water partition coefficient (Wildman–Crippen LogP) is 8.17. The van der Waals surface area contributed by atoms with Gasteiger partial charge in [0.15, 0.2) is 5.69 Å². The summed E-state index contributed by atoms with van der Waals surface area (Å²) in [5.41, 5.74) is 4.14. The van der Waals surface area contributed by atoms with E-state index in [4.69, 9.17) is 14.7 Å². The Kier molecular flexibility index (Phi) is 14.8. The van der Waals surface area contributed by atoms with E-state index in [1.54, 1.807) is 27.8 Å². The summed E-state index contributed by atoms with van der Waals surface area (Å²) < 4.78 is 30.9. The molecule has 0 saturated carbocycles. The monoisotopic (exact) mass is 831 g/mol. The fourth-order valence-electron chi connectivity index (χ4n) is 7.05. The number of amides is 3. The van der Waals surface area contributed by atoms with Crippen molar-refractivity contribution in [2.45, 2.75) is 85.1 Å². The second-order valence-electron chi connectivity index (χ2n) is 16.0. The van der Waals surface area contributed by atoms with Crippen LogP contribution in [0.5, 0.6) is 0 Å². The summed E-state index contributed by atoms with van der Waals surface area (Å²) in [6, 6.07) is 24.6. The molecule has 0 spiro atoms. The fourth-order valence-corrected chi connectivity index (χ4v) is 8.06. The number of hydrogen-bond donors (Lipinski definition) is 1. The van der Waals surface area contributed by atoms with Crippen molar-refractivity contribution in [2.75, 3.05) is 19.6 Å². The van der Waals surface area contributed by atoms with Crippen molar-refractivity contribution in [2.24, 2.45) is 5.41 Å². The first-order valence-electron chi connectivity index (χ1n) is 20.3. The third-order valence-corrected chi connectivity index (χ3v) is 11.7. The van der Waals surface area contributed by atoms with Gasteiger partial charge < -0.3 is 9.80 Å². The Morgan fingerprint density at radius 3 is 2.15 bits per heavy atom. The van der Waals surface area contributed by atoms with E-state index in [9.17, 15) is 22.8 Å². The van der Waals surface area contributed by atoms with Gasteiger partial charge in [0.2, 0.25) is 0 Å². The molecule has 1 aliphatic heterocycles. The molecule has 0 bridgehead atoms. The van der Waals surface area contributed by atoms with Crippen molar-refractivity contribution in [3.8, 4) is 5.69 Å². The zero-order chi connectivity index (χ0) is 43.6. The van der Waals surface area contributed by atoms with Crippen LogP contribution in [0.2, 0.25) is 0 Å². The van der Waals surface area contributed by atoms with Crippen LogP contribution in [-0.4, -0.2) is 71.5 Å². The second-order valence-corrected chi connectivity index (χ2v) is 17.6. The fraction of sp³-hybridized carbons (Fsp3) is 0.340. The van der Waals surface area contributed by atoms with Crippen LogP contribution in [-0.2, 0) is 32.6 Å². The summed E-state index contributed by atoms with van der Waals surface area (Å²) in [7, 11) is -4.27. The van der Waals surface area contributed by atoms with Gasteiger partial charge in [-0.3, -0.25) is 14.4 Å². The van der Waals surface area contributed by atoms with Gasteiger partial charge in [0, 0.05) is 43.0 Å². The van der Waals surface area contributed by atoms with Crippen molar-refractivity contribution in [3.05, 3.63) is 130 Å². The number of carbonyl (C=O) groups is 3. The van der Waals surface area contributed by atoms with E-state index < -0.39 is 15.9 Å². The molecule has 0 fully saturated rings. The van der Waals surface area contributed by atoms with E-state index >= 15 is 0 Å². The maximum atomic E-state index is 14.7. The number of nitrogens with zero attached hydrogens (tertiary/aromatic N) is 4. The van der Waals surface area contributed by atoms with Gasteiger partial charge in [-0.25, -0.2) is 17.8 Å². The largest absolute Gasteiger partial charge is 0.373 e. The van der Waals surface area contributed by atoms with Crippen LogP contribution in [0.15, 0.2) is 95.9 Å². The molecule has 314 valence electrons. The number of allylic oxidation sites excluding steroid dienone is 1. The molecule has 60 heavy (non-hydrogen) atoms. The predicted molar refractivity (Wildman–Crippen MR) is 231 cm³/mol. The van der Waals surface area contributed by atoms with Crippen molar-refractivity contribution in [1.82, 2.24) is 24.3 Å². The van der Waals surface area contributed by atoms with Crippen LogP contribution < -0.4 is 4.72 Å². The topological polar surface area (TPSA) is 156 Å². The third-order valence-electron chi connectivity index (χ3n) is 10.4. The molecule has 1 N–H and O–H groups in total. The number of nitrogens with one attached hydrogen (secondary N) is 1. The summed E-state index contributed by atoms with van der Waals surface area (Å²) in [4.78, 5) is 62.7. The lowest BCUT2D eigenvalue weighted by atomic mass is 9.95. The minimum Gasteiger partial charge on any atom is -0.337 e. The van der Waals surface area contributed by atoms with Gasteiger partial charge in [0.1, 0.15) is 0 Å². The first-order valence-corrected chi connectivity index (χ1v) is 21.7. The van der Waals surface area contributed by atoms with Gasteiger partial charge in [-0.2, -0.15) is 14.7 Å². The first kappa shape index (κ1) is 44.9. The molecule has 1 aromatic heterocycles. The molecular weight excluding hydrogens is 779 g/mol. The zero-order valence-electron chi connectivity index (χ0n) is 35.2. The van der Waals surface area contributed by atoms with Gasteiger partial charge in [-0.05, 0) is 83.8 Å². The Morgan fingerprint density at radius 2 is 1.50 bits per heavy atom. The Balaban J connectivity index is 0.00000221. The van der Waals surface area contributed by atoms with Gasteiger partial charge in [-0.15, -0.1) is 0 Å². The molecule has 2 heterocycles. The highest BCUT2D eigenvalue weighted by molar-refractivity contribution is 7.90. The molecule has 1 aliphatic rings. The van der Waals surface area contributed by atoms with E-state index in [-0.39, 0.29) is 45.1 Å².